The van der Waals surface area contributed by atoms with Crippen molar-refractivity contribution in [1.29, 1.82) is 0 Å². The maximum absolute atomic E-state index is 13.5. The maximum atomic E-state index is 13.5. The number of methoxy groups -OCH3 is 1. The van der Waals surface area contributed by atoms with Crippen molar-refractivity contribution < 1.29 is 14.2 Å². The highest BCUT2D eigenvalue weighted by Gasteiger charge is 2.12. The largest absolute Gasteiger partial charge is 0.481 e. The highest BCUT2D eigenvalue weighted by molar-refractivity contribution is 5.25. The minimum Gasteiger partial charge on any atom is -0.481 e. The Bertz CT molecular complexity index is 563. The summed E-state index contributed by atoms with van der Waals surface area (Å²) >= 11 is 0. The number of ether oxygens (including phenoxy) is 1. The van der Waals surface area contributed by atoms with Gasteiger partial charge in [0.25, 0.3) is 0 Å². The molecule has 0 saturated carbocycles. The van der Waals surface area contributed by atoms with E-state index in [-0.39, 0.29) is 12.1 Å². The van der Waals surface area contributed by atoms with E-state index >= 15 is 0 Å². The molecule has 0 aliphatic carbocycles. The Balaban J connectivity index is 1.91. The van der Waals surface area contributed by atoms with E-state index in [9.17, 15) is 9.50 Å². The topological polar surface area (TPSA) is 54.4 Å². The number of pyridine rings is 1. The number of nitrogens with zero attached hydrogens (tertiary/aromatic N) is 1. The molecule has 0 aliphatic heterocycles. The van der Waals surface area contributed by atoms with Gasteiger partial charge >= 0.3 is 0 Å². The molecule has 2 rings (SSSR count). The van der Waals surface area contributed by atoms with Crippen molar-refractivity contribution in [2.45, 2.75) is 12.6 Å². The van der Waals surface area contributed by atoms with Crippen LogP contribution >= 0.6 is 0 Å². The van der Waals surface area contributed by atoms with E-state index in [0.717, 1.165) is 5.56 Å². The molecule has 5 heteroatoms. The smallest absolute Gasteiger partial charge is 0.217 e. The van der Waals surface area contributed by atoms with E-state index in [0.29, 0.717) is 12.4 Å². The first kappa shape index (κ1) is 14.4. The van der Waals surface area contributed by atoms with E-state index in [4.69, 9.17) is 4.74 Å². The number of rotatable bonds is 6. The van der Waals surface area contributed by atoms with Gasteiger partial charge in [-0.15, -0.1) is 0 Å². The summed E-state index contributed by atoms with van der Waals surface area (Å²) in [6.45, 7) is 0.738. The summed E-state index contributed by atoms with van der Waals surface area (Å²) < 4.78 is 18.6. The van der Waals surface area contributed by atoms with Crippen LogP contribution in [0.1, 0.15) is 17.2 Å². The van der Waals surface area contributed by atoms with Crippen LogP contribution in [0.15, 0.2) is 42.6 Å². The summed E-state index contributed by atoms with van der Waals surface area (Å²) in [5.41, 5.74) is 1.17. The molecule has 0 spiro atoms. The van der Waals surface area contributed by atoms with Crippen molar-refractivity contribution in [3.63, 3.8) is 0 Å². The van der Waals surface area contributed by atoms with Gasteiger partial charge < -0.3 is 15.2 Å². The average Bonchev–Trinajstić information content (AvgIpc) is 2.48. The molecule has 4 nitrogen and oxygen atoms in total. The van der Waals surface area contributed by atoms with Crippen LogP contribution in [0, 0.1) is 5.82 Å². The van der Waals surface area contributed by atoms with Crippen molar-refractivity contribution in [1.82, 2.24) is 10.3 Å². The molecule has 2 aromatic rings. The number of halogens is 1. The maximum Gasteiger partial charge on any atom is 0.217 e. The normalized spacial score (nSPS) is 12.2. The molecule has 0 aliphatic rings. The Morgan fingerprint density at radius 2 is 2.10 bits per heavy atom. The fourth-order valence-electron chi connectivity index (χ4n) is 1.94. The first-order valence-corrected chi connectivity index (χ1v) is 6.33. The van der Waals surface area contributed by atoms with Gasteiger partial charge in [0.05, 0.1) is 13.2 Å². The zero-order chi connectivity index (χ0) is 14.4. The number of hydrogen-bond donors (Lipinski definition) is 2. The zero-order valence-electron chi connectivity index (χ0n) is 11.2. The quantitative estimate of drug-likeness (QED) is 0.848. The molecule has 1 atom stereocenters. The molecular weight excluding hydrogens is 259 g/mol. The van der Waals surface area contributed by atoms with E-state index in [1.807, 2.05) is 12.1 Å². The van der Waals surface area contributed by atoms with Crippen LogP contribution in [0.3, 0.4) is 0 Å². The fourth-order valence-corrected chi connectivity index (χ4v) is 1.94. The third kappa shape index (κ3) is 3.53. The number of nitrogens with one attached hydrogen (secondary N) is 1. The van der Waals surface area contributed by atoms with Crippen LogP contribution in [0.25, 0.3) is 0 Å². The second-order valence-corrected chi connectivity index (χ2v) is 4.34. The van der Waals surface area contributed by atoms with Crippen molar-refractivity contribution in [2.24, 2.45) is 0 Å². The Labute approximate surface area is 117 Å². The van der Waals surface area contributed by atoms with Gasteiger partial charge in [-0.05, 0) is 12.1 Å². The summed E-state index contributed by atoms with van der Waals surface area (Å²) in [5, 5.41) is 13.0. The third-order valence-electron chi connectivity index (χ3n) is 2.96. The van der Waals surface area contributed by atoms with Crippen molar-refractivity contribution in [3.8, 4) is 5.88 Å². The van der Waals surface area contributed by atoms with Gasteiger partial charge in [0.15, 0.2) is 0 Å². The minimum atomic E-state index is -0.890. The summed E-state index contributed by atoms with van der Waals surface area (Å²) in [6.07, 6.45) is 0.759. The standard InChI is InChI=1S/C15H17FN2O2/c1-20-15-11(5-4-8-18-15)9-17-10-14(19)12-6-2-3-7-13(12)16/h2-8,14,17,19H,9-10H2,1H3. The van der Waals surface area contributed by atoms with Crippen molar-refractivity contribution >= 4 is 0 Å². The molecule has 0 bridgehead atoms. The van der Waals surface area contributed by atoms with Gasteiger partial charge in [-0.2, -0.15) is 0 Å². The molecule has 0 saturated heterocycles. The molecule has 0 fully saturated rings. The van der Waals surface area contributed by atoms with Crippen LogP contribution in [0.5, 0.6) is 5.88 Å². The van der Waals surface area contributed by atoms with Crippen LogP contribution in [0.2, 0.25) is 0 Å². The van der Waals surface area contributed by atoms with Crippen LogP contribution < -0.4 is 10.1 Å². The van der Waals surface area contributed by atoms with Gasteiger partial charge in [-0.3, -0.25) is 0 Å². The summed E-state index contributed by atoms with van der Waals surface area (Å²) in [5.74, 6) is 0.140. The highest BCUT2D eigenvalue weighted by Crippen LogP contribution is 2.17. The molecule has 1 heterocycles. The molecule has 1 aromatic heterocycles. The number of aliphatic hydroxyl groups is 1. The van der Waals surface area contributed by atoms with Crippen LogP contribution in [0.4, 0.5) is 4.39 Å². The van der Waals surface area contributed by atoms with Crippen molar-refractivity contribution in [2.75, 3.05) is 13.7 Å². The van der Waals surface area contributed by atoms with Gasteiger partial charge in [-0.1, -0.05) is 24.3 Å². The minimum absolute atomic E-state index is 0.249. The Kier molecular flexibility index (Phi) is 5.03. The first-order chi connectivity index (χ1) is 9.72. The molecular formula is C15H17FN2O2. The predicted octanol–water partition coefficient (Wildman–Crippen LogP) is 2.05. The monoisotopic (exact) mass is 276 g/mol. The number of aromatic nitrogens is 1. The lowest BCUT2D eigenvalue weighted by Gasteiger charge is -2.13. The summed E-state index contributed by atoms with van der Waals surface area (Å²) in [6, 6.07) is 9.90. The van der Waals surface area contributed by atoms with Gasteiger partial charge in [0.2, 0.25) is 5.88 Å². The molecule has 1 aromatic carbocycles. The first-order valence-electron chi connectivity index (χ1n) is 6.33. The van der Waals surface area contributed by atoms with Gasteiger partial charge in [0, 0.05) is 30.4 Å². The Hall–Kier alpha value is -1.98. The number of benzene rings is 1. The molecule has 20 heavy (non-hydrogen) atoms. The average molecular weight is 276 g/mol. The fraction of sp³-hybridized carbons (Fsp3) is 0.267. The second-order valence-electron chi connectivity index (χ2n) is 4.34. The lowest BCUT2D eigenvalue weighted by molar-refractivity contribution is 0.169. The molecule has 0 amide bonds. The predicted molar refractivity (Wildman–Crippen MR) is 73.9 cm³/mol. The third-order valence-corrected chi connectivity index (χ3v) is 2.96. The Morgan fingerprint density at radius 1 is 1.30 bits per heavy atom. The van der Waals surface area contributed by atoms with Crippen LogP contribution in [-0.2, 0) is 6.54 Å². The molecule has 0 radical (unpaired) electrons. The summed E-state index contributed by atoms with van der Waals surface area (Å²) in [4.78, 5) is 4.08. The van der Waals surface area contributed by atoms with Gasteiger partial charge in [0.1, 0.15) is 5.82 Å². The SMILES string of the molecule is COc1ncccc1CNCC(O)c1ccccc1F. The number of hydrogen-bond acceptors (Lipinski definition) is 4. The number of aliphatic hydroxyl groups excluding tert-OH is 1. The van der Waals surface area contributed by atoms with E-state index in [1.54, 1.807) is 31.5 Å². The lowest BCUT2D eigenvalue weighted by atomic mass is 10.1. The van der Waals surface area contributed by atoms with Crippen molar-refractivity contribution in [3.05, 3.63) is 59.5 Å². The van der Waals surface area contributed by atoms with E-state index in [1.165, 1.54) is 6.07 Å². The van der Waals surface area contributed by atoms with Crippen LogP contribution in [-0.4, -0.2) is 23.7 Å². The highest BCUT2D eigenvalue weighted by atomic mass is 19.1. The van der Waals surface area contributed by atoms with E-state index in [2.05, 4.69) is 10.3 Å². The second kappa shape index (κ2) is 6.98. The molecule has 2 N–H and O–H groups in total. The van der Waals surface area contributed by atoms with E-state index < -0.39 is 11.9 Å². The Morgan fingerprint density at radius 3 is 2.85 bits per heavy atom. The molecule has 106 valence electrons. The zero-order valence-corrected chi connectivity index (χ0v) is 11.2. The molecule has 1 unspecified atom stereocenters. The summed E-state index contributed by atoms with van der Waals surface area (Å²) in [7, 11) is 1.56. The van der Waals surface area contributed by atoms with Gasteiger partial charge in [-0.25, -0.2) is 9.37 Å². The lowest BCUT2D eigenvalue weighted by Crippen LogP contribution is -2.22.